The van der Waals surface area contributed by atoms with Gasteiger partial charge in [-0.15, -0.1) is 22.7 Å². The quantitative estimate of drug-likeness (QED) is 0.118. The van der Waals surface area contributed by atoms with E-state index in [9.17, 15) is 9.59 Å². The second-order valence-corrected chi connectivity index (χ2v) is 15.1. The summed E-state index contributed by atoms with van der Waals surface area (Å²) in [6.45, 7) is 0. The molecule has 10 aromatic rings. The number of hydrogen-bond acceptors (Lipinski definition) is 11. The molecule has 6 heterocycles. The van der Waals surface area contributed by atoms with E-state index in [1.165, 1.54) is 0 Å². The molecule has 0 fully saturated rings. The molecular formula is C46H31ClN6O4S2. The standard InChI is InChI=1S/C23H15N3O2S.C12H9N3S.C11H7ClO2/c27-22(20-10-9-19(28-20)15-5-2-1-3-6-15)25-17-8-4-7-16(13-17)23-26-18-11-12-24-14-21(18)29-23;13-9-3-1-2-8(6-9)12-15-10-4-5-14-7-11(10)16-12;12-11(13)10-7-6-9(14-10)8-4-2-1-3-5-8/h1-14H,(H,25,27);1-7H,13H2;1-7H. The van der Waals surface area contributed by atoms with E-state index in [4.69, 9.17) is 26.2 Å². The van der Waals surface area contributed by atoms with Crippen LogP contribution in [-0.2, 0) is 0 Å². The zero-order valence-electron chi connectivity index (χ0n) is 30.9. The largest absolute Gasteiger partial charge is 0.452 e. The Hall–Kier alpha value is -7.25. The molecule has 0 spiro atoms. The van der Waals surface area contributed by atoms with Gasteiger partial charge in [0.15, 0.2) is 11.5 Å². The number of nitrogen functional groups attached to an aromatic ring is 1. The van der Waals surface area contributed by atoms with Crippen LogP contribution in [0.4, 0.5) is 11.4 Å². The number of carbonyl (C=O) groups is 2. The highest BCUT2D eigenvalue weighted by Crippen LogP contribution is 2.32. The first kappa shape index (κ1) is 38.6. The second-order valence-electron chi connectivity index (χ2n) is 12.7. The smallest absolute Gasteiger partial charge is 0.291 e. The van der Waals surface area contributed by atoms with Gasteiger partial charge in [-0.3, -0.25) is 19.6 Å². The molecule has 4 aromatic carbocycles. The van der Waals surface area contributed by atoms with Gasteiger partial charge in [0, 0.05) is 58.4 Å². The van der Waals surface area contributed by atoms with Gasteiger partial charge in [0.05, 0.1) is 20.4 Å². The molecule has 0 aliphatic rings. The third-order valence-electron chi connectivity index (χ3n) is 8.63. The lowest BCUT2D eigenvalue weighted by Gasteiger charge is -2.05. The number of nitrogens with one attached hydrogen (secondary N) is 1. The topological polar surface area (TPSA) is 150 Å². The summed E-state index contributed by atoms with van der Waals surface area (Å²) in [5, 5.41) is 4.19. The summed E-state index contributed by atoms with van der Waals surface area (Å²) in [6.07, 6.45) is 7.13. The zero-order valence-corrected chi connectivity index (χ0v) is 33.2. The number of nitrogens with zero attached hydrogens (tertiary/aromatic N) is 4. The van der Waals surface area contributed by atoms with Crippen molar-refractivity contribution in [1.82, 2.24) is 19.9 Å². The number of hydrogen-bond donors (Lipinski definition) is 2. The number of halogens is 1. The lowest BCUT2D eigenvalue weighted by atomic mass is 10.2. The number of amides is 1. The van der Waals surface area contributed by atoms with Crippen LogP contribution < -0.4 is 11.1 Å². The van der Waals surface area contributed by atoms with Gasteiger partial charge in [-0.25, -0.2) is 9.97 Å². The van der Waals surface area contributed by atoms with E-state index in [1.54, 1.807) is 59.3 Å². The van der Waals surface area contributed by atoms with Gasteiger partial charge >= 0.3 is 0 Å². The number of aromatic nitrogens is 4. The first-order chi connectivity index (χ1) is 28.9. The Morgan fingerprint density at radius 1 is 0.559 bits per heavy atom. The van der Waals surface area contributed by atoms with Crippen LogP contribution in [0.1, 0.15) is 21.1 Å². The summed E-state index contributed by atoms with van der Waals surface area (Å²) < 4.78 is 13.1. The normalized spacial score (nSPS) is 10.7. The molecule has 0 saturated carbocycles. The number of fused-ring (bicyclic) bond motifs is 2. The Balaban J connectivity index is 0.000000136. The Kier molecular flexibility index (Phi) is 11.7. The van der Waals surface area contributed by atoms with Gasteiger partial charge < -0.3 is 19.9 Å². The van der Waals surface area contributed by atoms with Crippen molar-refractivity contribution in [2.45, 2.75) is 0 Å². The minimum Gasteiger partial charge on any atom is -0.452 e. The monoisotopic (exact) mass is 830 g/mol. The number of furan rings is 2. The van der Waals surface area contributed by atoms with Gasteiger partial charge in [-0.1, -0.05) is 84.9 Å². The third-order valence-corrected chi connectivity index (χ3v) is 10.9. The van der Waals surface area contributed by atoms with Crippen molar-refractivity contribution in [3.63, 3.8) is 0 Å². The molecule has 1 amide bonds. The fourth-order valence-electron chi connectivity index (χ4n) is 5.82. The molecule has 10 nitrogen and oxygen atoms in total. The van der Waals surface area contributed by atoms with E-state index in [0.717, 1.165) is 58.4 Å². The lowest BCUT2D eigenvalue weighted by Crippen LogP contribution is -2.10. The SMILES string of the molecule is Nc1cccc(-c2nc3ccncc3s2)c1.O=C(Cl)c1ccc(-c2ccccc2)o1.O=C(Nc1cccc(-c2nc3ccncc3s2)c1)c1ccc(-c2ccccc2)o1. The molecule has 59 heavy (non-hydrogen) atoms. The van der Waals surface area contributed by atoms with Crippen molar-refractivity contribution in [2.24, 2.45) is 0 Å². The molecule has 0 aliphatic heterocycles. The molecule has 0 saturated heterocycles. The molecule has 10 rings (SSSR count). The fourth-order valence-corrected chi connectivity index (χ4v) is 7.78. The van der Waals surface area contributed by atoms with E-state index >= 15 is 0 Å². The van der Waals surface area contributed by atoms with Crippen LogP contribution in [0.15, 0.2) is 179 Å². The Morgan fingerprint density at radius 2 is 1.07 bits per heavy atom. The molecule has 0 aliphatic carbocycles. The van der Waals surface area contributed by atoms with Crippen LogP contribution in [0.5, 0.6) is 0 Å². The Labute approximate surface area is 350 Å². The van der Waals surface area contributed by atoms with E-state index in [-0.39, 0.29) is 17.4 Å². The van der Waals surface area contributed by atoms with Crippen molar-refractivity contribution < 1.29 is 18.4 Å². The highest BCUT2D eigenvalue weighted by Gasteiger charge is 2.14. The van der Waals surface area contributed by atoms with E-state index in [2.05, 4.69) is 25.3 Å². The average molecular weight is 831 g/mol. The van der Waals surface area contributed by atoms with Crippen LogP contribution in [-0.4, -0.2) is 31.1 Å². The average Bonchev–Trinajstić information content (AvgIpc) is 4.11. The number of carbonyl (C=O) groups excluding carboxylic acids is 2. The van der Waals surface area contributed by atoms with Crippen LogP contribution in [0.3, 0.4) is 0 Å². The number of anilines is 2. The molecule has 13 heteroatoms. The summed E-state index contributed by atoms with van der Waals surface area (Å²) in [4.78, 5) is 40.8. The molecule has 0 atom stereocenters. The number of nitrogens with two attached hydrogens (primary N) is 1. The predicted molar refractivity (Wildman–Crippen MR) is 237 cm³/mol. The first-order valence-corrected chi connectivity index (χ1v) is 20.1. The summed E-state index contributed by atoms with van der Waals surface area (Å²) >= 11 is 8.47. The van der Waals surface area contributed by atoms with E-state index in [1.807, 2.05) is 134 Å². The van der Waals surface area contributed by atoms with Crippen LogP contribution in [0, 0.1) is 0 Å². The van der Waals surface area contributed by atoms with Crippen LogP contribution >= 0.6 is 34.3 Å². The van der Waals surface area contributed by atoms with Crippen LogP contribution in [0.25, 0.3) is 64.2 Å². The zero-order chi connectivity index (χ0) is 40.6. The molecule has 0 unspecified atom stereocenters. The summed E-state index contributed by atoms with van der Waals surface area (Å²) in [5.74, 6) is 1.45. The molecule has 0 bridgehead atoms. The Bertz CT molecular complexity index is 2950. The number of benzene rings is 4. The highest BCUT2D eigenvalue weighted by atomic mass is 35.5. The maximum atomic E-state index is 12.6. The van der Waals surface area contributed by atoms with E-state index in [0.29, 0.717) is 17.2 Å². The van der Waals surface area contributed by atoms with Crippen molar-refractivity contribution >= 4 is 77.2 Å². The molecule has 6 aromatic heterocycles. The third kappa shape index (κ3) is 9.49. The number of rotatable bonds is 7. The summed E-state index contributed by atoms with van der Waals surface area (Å²) in [7, 11) is 0. The van der Waals surface area contributed by atoms with Gasteiger partial charge in [-0.05, 0) is 72.3 Å². The number of pyridine rings is 2. The number of thiazole rings is 2. The highest BCUT2D eigenvalue weighted by molar-refractivity contribution is 7.22. The van der Waals surface area contributed by atoms with Gasteiger partial charge in [-0.2, -0.15) is 0 Å². The van der Waals surface area contributed by atoms with E-state index < -0.39 is 5.24 Å². The van der Waals surface area contributed by atoms with Crippen molar-refractivity contribution in [2.75, 3.05) is 11.1 Å². The van der Waals surface area contributed by atoms with Crippen molar-refractivity contribution in [3.8, 4) is 43.8 Å². The molecular weight excluding hydrogens is 800 g/mol. The van der Waals surface area contributed by atoms with Gasteiger partial charge in [0.25, 0.3) is 11.1 Å². The second kappa shape index (κ2) is 17.9. The molecule has 3 N–H and O–H groups in total. The fraction of sp³-hybridized carbons (Fsp3) is 0. The maximum absolute atomic E-state index is 12.6. The van der Waals surface area contributed by atoms with Crippen LogP contribution in [0.2, 0.25) is 0 Å². The Morgan fingerprint density at radius 3 is 1.59 bits per heavy atom. The van der Waals surface area contributed by atoms with Crippen molar-refractivity contribution in [1.29, 1.82) is 0 Å². The first-order valence-electron chi connectivity index (χ1n) is 18.1. The minimum atomic E-state index is -0.577. The van der Waals surface area contributed by atoms with Gasteiger partial charge in [0.2, 0.25) is 0 Å². The lowest BCUT2D eigenvalue weighted by molar-refractivity contribution is 0.0996. The summed E-state index contributed by atoms with van der Waals surface area (Å²) in [5.41, 5.74) is 12.9. The predicted octanol–water partition coefficient (Wildman–Crippen LogP) is 12.1. The maximum Gasteiger partial charge on any atom is 0.291 e. The summed E-state index contributed by atoms with van der Waals surface area (Å²) in [6, 6.07) is 45.2. The van der Waals surface area contributed by atoms with Crippen molar-refractivity contribution in [3.05, 3.63) is 182 Å². The molecule has 0 radical (unpaired) electrons. The van der Waals surface area contributed by atoms with Gasteiger partial charge in [0.1, 0.15) is 21.5 Å². The minimum absolute atomic E-state index is 0.172. The molecule has 288 valence electrons.